The van der Waals surface area contributed by atoms with Crippen LogP contribution in [0.4, 0.5) is 8.78 Å². The van der Waals surface area contributed by atoms with Gasteiger partial charge in [0.2, 0.25) is 0 Å². The highest BCUT2D eigenvalue weighted by atomic mass is 19.1. The molecule has 1 rings (SSSR count). The minimum Gasteiger partial charge on any atom is -0.327 e. The molecule has 1 aromatic carbocycles. The summed E-state index contributed by atoms with van der Waals surface area (Å²) in [4.78, 5) is 0. The van der Waals surface area contributed by atoms with Crippen LogP contribution < -0.4 is 5.73 Å². The summed E-state index contributed by atoms with van der Waals surface area (Å²) >= 11 is 0. The molecule has 1 atom stereocenters. The number of hydrogen-bond acceptors (Lipinski definition) is 1. The maximum absolute atomic E-state index is 13.4. The van der Waals surface area contributed by atoms with Gasteiger partial charge in [-0.1, -0.05) is 12.0 Å². The molecule has 0 aliphatic carbocycles. The summed E-state index contributed by atoms with van der Waals surface area (Å²) in [7, 11) is 0. The average molecular weight is 251 g/mol. The van der Waals surface area contributed by atoms with Crippen molar-refractivity contribution in [3.8, 4) is 11.8 Å². The van der Waals surface area contributed by atoms with Crippen LogP contribution in [-0.4, -0.2) is 6.04 Å². The Hall–Kier alpha value is -1.40. The summed E-state index contributed by atoms with van der Waals surface area (Å²) in [5, 5.41) is 0. The fraction of sp³-hybridized carbons (Fsp3) is 0.467. The van der Waals surface area contributed by atoms with E-state index in [4.69, 9.17) is 5.73 Å². The number of benzene rings is 1. The van der Waals surface area contributed by atoms with E-state index in [1.165, 1.54) is 18.2 Å². The molecule has 1 nitrogen and oxygen atoms in total. The van der Waals surface area contributed by atoms with Crippen LogP contribution in [-0.2, 0) is 6.42 Å². The van der Waals surface area contributed by atoms with Crippen LogP contribution in [0, 0.1) is 28.9 Å². The molecule has 18 heavy (non-hydrogen) atoms. The van der Waals surface area contributed by atoms with E-state index in [0.717, 1.165) is 0 Å². The molecule has 3 heteroatoms. The molecule has 0 amide bonds. The zero-order chi connectivity index (χ0) is 13.8. The second kappa shape index (κ2) is 5.97. The van der Waals surface area contributed by atoms with Gasteiger partial charge in [-0.15, -0.1) is 5.92 Å². The van der Waals surface area contributed by atoms with E-state index in [0.29, 0.717) is 6.42 Å². The van der Waals surface area contributed by atoms with Gasteiger partial charge in [0.05, 0.1) is 0 Å². The van der Waals surface area contributed by atoms with Crippen molar-refractivity contribution in [2.45, 2.75) is 39.7 Å². The maximum atomic E-state index is 13.4. The highest BCUT2D eigenvalue weighted by molar-refractivity contribution is 5.21. The van der Waals surface area contributed by atoms with Crippen LogP contribution in [0.2, 0.25) is 0 Å². The van der Waals surface area contributed by atoms with Gasteiger partial charge in [-0.3, -0.25) is 0 Å². The van der Waals surface area contributed by atoms with Crippen molar-refractivity contribution in [1.29, 1.82) is 0 Å². The van der Waals surface area contributed by atoms with E-state index in [1.807, 2.05) is 20.8 Å². The third-order valence-electron chi connectivity index (χ3n) is 2.36. The van der Waals surface area contributed by atoms with Crippen molar-refractivity contribution >= 4 is 0 Å². The average Bonchev–Trinajstić information content (AvgIpc) is 2.22. The van der Waals surface area contributed by atoms with Gasteiger partial charge in [0.25, 0.3) is 0 Å². The van der Waals surface area contributed by atoms with Crippen LogP contribution in [0.5, 0.6) is 0 Å². The topological polar surface area (TPSA) is 26.0 Å². The van der Waals surface area contributed by atoms with Crippen molar-refractivity contribution in [1.82, 2.24) is 0 Å². The van der Waals surface area contributed by atoms with Gasteiger partial charge in [0, 0.05) is 23.4 Å². The lowest BCUT2D eigenvalue weighted by atomic mass is 9.97. The van der Waals surface area contributed by atoms with Crippen molar-refractivity contribution in [3.63, 3.8) is 0 Å². The van der Waals surface area contributed by atoms with E-state index in [-0.39, 0.29) is 23.4 Å². The Morgan fingerprint density at radius 3 is 2.28 bits per heavy atom. The first kappa shape index (κ1) is 14.7. The van der Waals surface area contributed by atoms with Gasteiger partial charge in [-0.2, -0.15) is 0 Å². The highest BCUT2D eigenvalue weighted by Crippen LogP contribution is 2.15. The predicted octanol–water partition coefficient (Wildman–Crippen LogP) is 3.27. The summed E-state index contributed by atoms with van der Waals surface area (Å²) < 4.78 is 26.8. The molecule has 0 aromatic heterocycles. The van der Waals surface area contributed by atoms with Crippen molar-refractivity contribution in [3.05, 3.63) is 35.4 Å². The third kappa shape index (κ3) is 4.85. The Morgan fingerprint density at radius 2 is 1.78 bits per heavy atom. The standard InChI is InChI=1S/C15H19F2N/c1-15(2,3)9-5-6-11(18)10-12-13(16)7-4-8-14(12)17/h4,7-8,11H,6,10,18H2,1-3H3. The van der Waals surface area contributed by atoms with Crippen LogP contribution in [0.3, 0.4) is 0 Å². The monoisotopic (exact) mass is 251 g/mol. The fourth-order valence-corrected chi connectivity index (χ4v) is 1.51. The molecule has 0 spiro atoms. The zero-order valence-electron chi connectivity index (χ0n) is 11.1. The minimum atomic E-state index is -0.547. The summed E-state index contributed by atoms with van der Waals surface area (Å²) in [6, 6.07) is 3.48. The van der Waals surface area contributed by atoms with Gasteiger partial charge in [0.15, 0.2) is 0 Å². The first-order chi connectivity index (χ1) is 8.29. The van der Waals surface area contributed by atoms with Gasteiger partial charge in [-0.25, -0.2) is 8.78 Å². The fourth-order valence-electron chi connectivity index (χ4n) is 1.51. The Bertz CT molecular complexity index is 443. The number of hydrogen-bond donors (Lipinski definition) is 1. The van der Waals surface area contributed by atoms with Crippen molar-refractivity contribution in [2.75, 3.05) is 0 Å². The summed E-state index contributed by atoms with van der Waals surface area (Å²) in [6.45, 7) is 6.01. The van der Waals surface area contributed by atoms with E-state index in [1.54, 1.807) is 0 Å². The lowest BCUT2D eigenvalue weighted by Crippen LogP contribution is -2.23. The van der Waals surface area contributed by atoms with Gasteiger partial charge in [0.1, 0.15) is 11.6 Å². The second-order valence-corrected chi connectivity index (χ2v) is 5.42. The normalized spacial score (nSPS) is 12.8. The summed E-state index contributed by atoms with van der Waals surface area (Å²) in [5.74, 6) is 4.92. The first-order valence-electron chi connectivity index (χ1n) is 5.98. The number of rotatable bonds is 3. The van der Waals surface area contributed by atoms with Gasteiger partial charge < -0.3 is 5.73 Å². The molecular weight excluding hydrogens is 232 g/mol. The lowest BCUT2D eigenvalue weighted by Gasteiger charge is -2.11. The molecule has 0 heterocycles. The van der Waals surface area contributed by atoms with Crippen molar-refractivity contribution in [2.24, 2.45) is 11.1 Å². The van der Waals surface area contributed by atoms with Gasteiger partial charge in [-0.05, 0) is 39.3 Å². The lowest BCUT2D eigenvalue weighted by molar-refractivity contribution is 0.536. The Morgan fingerprint density at radius 1 is 1.22 bits per heavy atom. The Kier molecular flexibility index (Phi) is 4.86. The molecule has 0 radical (unpaired) electrons. The molecule has 0 saturated carbocycles. The molecule has 0 saturated heterocycles. The SMILES string of the molecule is CC(C)(C)C#CCC(N)Cc1c(F)cccc1F. The summed E-state index contributed by atoms with van der Waals surface area (Å²) in [5.41, 5.74) is 5.80. The maximum Gasteiger partial charge on any atom is 0.129 e. The first-order valence-corrected chi connectivity index (χ1v) is 5.98. The van der Waals surface area contributed by atoms with E-state index >= 15 is 0 Å². The van der Waals surface area contributed by atoms with Crippen LogP contribution in [0.25, 0.3) is 0 Å². The molecule has 0 aliphatic rings. The number of nitrogens with two attached hydrogens (primary N) is 1. The van der Waals surface area contributed by atoms with Crippen molar-refractivity contribution < 1.29 is 8.78 Å². The van der Waals surface area contributed by atoms with E-state index < -0.39 is 11.6 Å². The predicted molar refractivity (Wildman–Crippen MR) is 69.9 cm³/mol. The van der Waals surface area contributed by atoms with Crippen LogP contribution in [0.15, 0.2) is 18.2 Å². The molecular formula is C15H19F2N. The quantitative estimate of drug-likeness (QED) is 0.820. The molecule has 0 aliphatic heterocycles. The second-order valence-electron chi connectivity index (χ2n) is 5.42. The molecule has 1 unspecified atom stereocenters. The zero-order valence-corrected chi connectivity index (χ0v) is 11.1. The van der Waals surface area contributed by atoms with E-state index in [9.17, 15) is 8.78 Å². The summed E-state index contributed by atoms with van der Waals surface area (Å²) in [6.07, 6.45) is 0.600. The van der Waals surface area contributed by atoms with Crippen LogP contribution >= 0.6 is 0 Å². The molecule has 2 N–H and O–H groups in total. The van der Waals surface area contributed by atoms with Gasteiger partial charge >= 0.3 is 0 Å². The van der Waals surface area contributed by atoms with Crippen LogP contribution in [0.1, 0.15) is 32.8 Å². The third-order valence-corrected chi connectivity index (χ3v) is 2.36. The molecule has 1 aromatic rings. The van der Waals surface area contributed by atoms with E-state index in [2.05, 4.69) is 11.8 Å². The molecule has 98 valence electrons. The molecule has 0 fully saturated rings. The minimum absolute atomic E-state index is 0.0440. The Balaban J connectivity index is 2.65. The largest absolute Gasteiger partial charge is 0.327 e. The molecule has 0 bridgehead atoms. The smallest absolute Gasteiger partial charge is 0.129 e. The number of halogens is 2. The Labute approximate surface area is 107 Å². The highest BCUT2D eigenvalue weighted by Gasteiger charge is 2.12.